The molecular formula is C8H11N5O2. The summed E-state index contributed by atoms with van der Waals surface area (Å²) in [6, 6.07) is 0. The molecule has 0 fully saturated rings. The van der Waals surface area contributed by atoms with Gasteiger partial charge in [0.15, 0.2) is 0 Å². The molecule has 0 aliphatic carbocycles. The standard InChI is InChI=1S/C8H11N5O2/c9-6-5-4(3-11-14)1-2-15-7(5)13-8(10)12-6/h3-4,14H,1-2H2,(H4,9,10,12,13)/b11-3+. The largest absolute Gasteiger partial charge is 0.477 e. The van der Waals surface area contributed by atoms with E-state index in [1.807, 2.05) is 0 Å². The number of rotatable bonds is 1. The minimum Gasteiger partial charge on any atom is -0.477 e. The molecule has 7 heteroatoms. The van der Waals surface area contributed by atoms with Gasteiger partial charge in [0.1, 0.15) is 5.82 Å². The van der Waals surface area contributed by atoms with Crippen LogP contribution in [0.5, 0.6) is 5.88 Å². The van der Waals surface area contributed by atoms with Gasteiger partial charge in [0, 0.05) is 5.92 Å². The highest BCUT2D eigenvalue weighted by Crippen LogP contribution is 2.34. The molecule has 1 unspecified atom stereocenters. The van der Waals surface area contributed by atoms with Crippen molar-refractivity contribution in [2.24, 2.45) is 5.16 Å². The summed E-state index contributed by atoms with van der Waals surface area (Å²) in [5.41, 5.74) is 11.8. The predicted molar refractivity (Wildman–Crippen MR) is 54.0 cm³/mol. The highest BCUT2D eigenvalue weighted by molar-refractivity contribution is 5.72. The van der Waals surface area contributed by atoms with E-state index in [0.717, 1.165) is 0 Å². The van der Waals surface area contributed by atoms with Gasteiger partial charge in [-0.3, -0.25) is 0 Å². The normalized spacial score (nSPS) is 19.9. The van der Waals surface area contributed by atoms with Crippen molar-refractivity contribution in [2.75, 3.05) is 18.1 Å². The molecule has 1 atom stereocenters. The summed E-state index contributed by atoms with van der Waals surface area (Å²) in [4.78, 5) is 7.77. The number of ether oxygens (including phenoxy) is 1. The van der Waals surface area contributed by atoms with Crippen LogP contribution in [0.1, 0.15) is 17.9 Å². The molecule has 1 aromatic heterocycles. The third-order valence-corrected chi connectivity index (χ3v) is 2.24. The van der Waals surface area contributed by atoms with Crippen molar-refractivity contribution in [3.8, 4) is 5.88 Å². The first-order valence-corrected chi connectivity index (χ1v) is 4.45. The summed E-state index contributed by atoms with van der Waals surface area (Å²) in [5.74, 6) is 0.588. The Bertz CT molecular complexity index is 406. The van der Waals surface area contributed by atoms with Gasteiger partial charge in [0.2, 0.25) is 11.8 Å². The number of oxime groups is 1. The van der Waals surface area contributed by atoms with E-state index in [1.54, 1.807) is 0 Å². The number of nitrogen functional groups attached to an aromatic ring is 2. The molecular weight excluding hydrogens is 198 g/mol. The molecule has 0 radical (unpaired) electrons. The maximum atomic E-state index is 8.51. The van der Waals surface area contributed by atoms with Crippen LogP contribution < -0.4 is 16.2 Å². The minimum atomic E-state index is -0.126. The lowest BCUT2D eigenvalue weighted by molar-refractivity contribution is 0.268. The molecule has 80 valence electrons. The van der Waals surface area contributed by atoms with Crippen LogP contribution in [0.3, 0.4) is 0 Å². The summed E-state index contributed by atoms with van der Waals surface area (Å²) < 4.78 is 5.31. The third kappa shape index (κ3) is 1.63. The number of aromatic nitrogens is 2. The fourth-order valence-electron chi connectivity index (χ4n) is 1.60. The number of anilines is 2. The Morgan fingerprint density at radius 3 is 3.00 bits per heavy atom. The van der Waals surface area contributed by atoms with Crippen molar-refractivity contribution in [3.05, 3.63) is 5.56 Å². The molecule has 0 saturated carbocycles. The molecule has 15 heavy (non-hydrogen) atoms. The van der Waals surface area contributed by atoms with E-state index in [-0.39, 0.29) is 17.7 Å². The van der Waals surface area contributed by atoms with E-state index in [0.29, 0.717) is 24.5 Å². The molecule has 0 spiro atoms. The topological polar surface area (TPSA) is 120 Å². The van der Waals surface area contributed by atoms with Crippen LogP contribution in [0.15, 0.2) is 5.16 Å². The number of nitrogens with zero attached hydrogens (tertiary/aromatic N) is 3. The van der Waals surface area contributed by atoms with Crippen LogP contribution in [0.25, 0.3) is 0 Å². The SMILES string of the molecule is Nc1nc(N)c2c(n1)OCCC2/C=N/O. The molecule has 1 aromatic rings. The molecule has 1 aliphatic rings. The molecule has 7 nitrogen and oxygen atoms in total. The van der Waals surface area contributed by atoms with E-state index in [4.69, 9.17) is 21.4 Å². The minimum absolute atomic E-state index is 0.0767. The zero-order valence-corrected chi connectivity index (χ0v) is 7.92. The van der Waals surface area contributed by atoms with Crippen molar-refractivity contribution >= 4 is 18.0 Å². The Morgan fingerprint density at radius 2 is 2.27 bits per heavy atom. The number of hydrogen-bond donors (Lipinski definition) is 3. The Hall–Kier alpha value is -2.05. The maximum Gasteiger partial charge on any atom is 0.225 e. The third-order valence-electron chi connectivity index (χ3n) is 2.24. The lowest BCUT2D eigenvalue weighted by Crippen LogP contribution is -2.19. The van der Waals surface area contributed by atoms with Crippen molar-refractivity contribution in [1.82, 2.24) is 9.97 Å². The average molecular weight is 209 g/mol. The van der Waals surface area contributed by atoms with E-state index in [9.17, 15) is 0 Å². The van der Waals surface area contributed by atoms with Gasteiger partial charge in [-0.25, -0.2) is 0 Å². The van der Waals surface area contributed by atoms with E-state index >= 15 is 0 Å². The Morgan fingerprint density at radius 1 is 1.47 bits per heavy atom. The zero-order chi connectivity index (χ0) is 10.8. The molecule has 2 rings (SSSR count). The van der Waals surface area contributed by atoms with E-state index in [1.165, 1.54) is 6.21 Å². The van der Waals surface area contributed by atoms with Crippen molar-refractivity contribution in [1.29, 1.82) is 0 Å². The summed E-state index contributed by atoms with van der Waals surface area (Å²) >= 11 is 0. The molecule has 2 heterocycles. The van der Waals surface area contributed by atoms with Crippen molar-refractivity contribution < 1.29 is 9.94 Å². The number of hydrogen-bond acceptors (Lipinski definition) is 7. The molecule has 0 aromatic carbocycles. The summed E-state index contributed by atoms with van der Waals surface area (Å²) in [6.07, 6.45) is 2.06. The smallest absolute Gasteiger partial charge is 0.225 e. The van der Waals surface area contributed by atoms with Crippen molar-refractivity contribution in [2.45, 2.75) is 12.3 Å². The van der Waals surface area contributed by atoms with Crippen LogP contribution in [0.2, 0.25) is 0 Å². The average Bonchev–Trinajstić information content (AvgIpc) is 2.17. The van der Waals surface area contributed by atoms with Crippen LogP contribution >= 0.6 is 0 Å². The maximum absolute atomic E-state index is 8.51. The van der Waals surface area contributed by atoms with E-state index < -0.39 is 0 Å². The Kier molecular flexibility index (Phi) is 2.28. The second-order valence-corrected chi connectivity index (χ2v) is 3.19. The number of fused-ring (bicyclic) bond motifs is 1. The predicted octanol–water partition coefficient (Wildman–Crippen LogP) is -0.0329. The molecule has 1 aliphatic heterocycles. The van der Waals surface area contributed by atoms with Gasteiger partial charge in [-0.15, -0.1) is 5.16 Å². The van der Waals surface area contributed by atoms with Crippen LogP contribution in [-0.2, 0) is 0 Å². The summed E-state index contributed by atoms with van der Waals surface area (Å²) in [6.45, 7) is 0.486. The first-order valence-electron chi connectivity index (χ1n) is 4.45. The molecule has 0 amide bonds. The Balaban J connectivity index is 2.50. The fourth-order valence-corrected chi connectivity index (χ4v) is 1.60. The highest BCUT2D eigenvalue weighted by Gasteiger charge is 2.25. The lowest BCUT2D eigenvalue weighted by Gasteiger charge is -2.22. The van der Waals surface area contributed by atoms with Gasteiger partial charge in [0.25, 0.3) is 0 Å². The second-order valence-electron chi connectivity index (χ2n) is 3.19. The van der Waals surface area contributed by atoms with Crippen molar-refractivity contribution in [3.63, 3.8) is 0 Å². The fraction of sp³-hybridized carbons (Fsp3) is 0.375. The van der Waals surface area contributed by atoms with Crippen LogP contribution in [0.4, 0.5) is 11.8 Å². The first-order chi connectivity index (χ1) is 7.22. The van der Waals surface area contributed by atoms with Crippen LogP contribution in [-0.4, -0.2) is 28.0 Å². The second kappa shape index (κ2) is 3.60. The van der Waals surface area contributed by atoms with E-state index in [2.05, 4.69) is 15.1 Å². The Labute approximate surface area is 85.8 Å². The first kappa shape index (κ1) is 9.50. The van der Waals surface area contributed by atoms with Gasteiger partial charge in [-0.05, 0) is 6.42 Å². The highest BCUT2D eigenvalue weighted by atomic mass is 16.5. The molecule has 5 N–H and O–H groups in total. The summed E-state index contributed by atoms with van der Waals surface area (Å²) in [5, 5.41) is 11.5. The van der Waals surface area contributed by atoms with Gasteiger partial charge < -0.3 is 21.4 Å². The van der Waals surface area contributed by atoms with Gasteiger partial charge in [-0.2, -0.15) is 9.97 Å². The van der Waals surface area contributed by atoms with Gasteiger partial charge >= 0.3 is 0 Å². The van der Waals surface area contributed by atoms with Gasteiger partial charge in [-0.1, -0.05) is 0 Å². The molecule has 0 saturated heterocycles. The zero-order valence-electron chi connectivity index (χ0n) is 7.92. The number of nitrogens with two attached hydrogens (primary N) is 2. The lowest BCUT2D eigenvalue weighted by atomic mass is 9.97. The quantitative estimate of drug-likeness (QED) is 0.339. The monoisotopic (exact) mass is 209 g/mol. The molecule has 0 bridgehead atoms. The summed E-state index contributed by atoms with van der Waals surface area (Å²) in [7, 11) is 0. The van der Waals surface area contributed by atoms with Gasteiger partial charge in [0.05, 0.1) is 18.4 Å². The van der Waals surface area contributed by atoms with Crippen LogP contribution in [0, 0.1) is 0 Å².